The molecule has 0 bridgehead atoms. The van der Waals surface area contributed by atoms with Crippen LogP contribution in [0.4, 0.5) is 37.7 Å². The van der Waals surface area contributed by atoms with E-state index in [1.54, 1.807) is 0 Å². The van der Waals surface area contributed by atoms with Gasteiger partial charge in [0.1, 0.15) is 5.75 Å². The van der Waals surface area contributed by atoms with Gasteiger partial charge in [0.2, 0.25) is 0 Å². The Morgan fingerprint density at radius 3 is 2.13 bits per heavy atom. The fourth-order valence-electron chi connectivity index (χ4n) is 2.26. The van der Waals surface area contributed by atoms with Crippen molar-refractivity contribution < 1.29 is 55.3 Å². The first-order valence-electron chi connectivity index (χ1n) is 7.81. The lowest BCUT2D eigenvalue weighted by Crippen LogP contribution is -2.18. The molecule has 0 saturated carbocycles. The van der Waals surface area contributed by atoms with E-state index in [1.807, 2.05) is 0 Å². The fraction of sp³-hybridized carbons (Fsp3) is 0.118. The Morgan fingerprint density at radius 1 is 0.968 bits per heavy atom. The van der Waals surface area contributed by atoms with Gasteiger partial charge >= 0.3 is 18.7 Å². The van der Waals surface area contributed by atoms with Gasteiger partial charge in [-0.1, -0.05) is 6.07 Å². The zero-order chi connectivity index (χ0) is 23.6. The standard InChI is InChI=1S/C9H4F3NO3.C8H6F3NO3/c10-9(11,12)16-4-1-2-6-5(3-4)7(14)8(15)13-6;9-8(10,11)15-5-3-1-2-4(6(5)12)7(13)14/h1-3H,(H,13,14,15);1-3H,12H2,(H,13,14). The number of nitrogens with one attached hydrogen (secondary N) is 1. The number of nitrogen functional groups attached to an aromatic ring is 1. The molecule has 1 heterocycles. The number of carbonyl (C=O) groups is 3. The van der Waals surface area contributed by atoms with Gasteiger partial charge in [0.25, 0.3) is 11.7 Å². The summed E-state index contributed by atoms with van der Waals surface area (Å²) >= 11 is 0. The number of Topliss-reactive ketones (excluding diaryl/α,β-unsaturated/α-hetero) is 1. The summed E-state index contributed by atoms with van der Waals surface area (Å²) in [5.74, 6) is -4.40. The number of nitrogens with two attached hydrogens (primary N) is 1. The summed E-state index contributed by atoms with van der Waals surface area (Å²) in [6.07, 6.45) is -9.72. The molecule has 14 heteroatoms. The first-order valence-corrected chi connectivity index (χ1v) is 7.81. The van der Waals surface area contributed by atoms with Gasteiger partial charge in [0, 0.05) is 0 Å². The third kappa shape index (κ3) is 6.25. The maximum atomic E-state index is 11.9. The molecule has 1 aliphatic rings. The summed E-state index contributed by atoms with van der Waals surface area (Å²) in [5.41, 5.74) is 4.26. The fourth-order valence-corrected chi connectivity index (χ4v) is 2.26. The Hall–Kier alpha value is -3.97. The van der Waals surface area contributed by atoms with Crippen molar-refractivity contribution in [2.24, 2.45) is 0 Å². The lowest BCUT2D eigenvalue weighted by atomic mass is 10.1. The van der Waals surface area contributed by atoms with Crippen molar-refractivity contribution in [3.05, 3.63) is 47.5 Å². The number of alkyl halides is 6. The van der Waals surface area contributed by atoms with Crippen LogP contribution in [0.1, 0.15) is 20.7 Å². The average Bonchev–Trinajstić information content (AvgIpc) is 2.89. The van der Waals surface area contributed by atoms with Gasteiger partial charge in [0.05, 0.1) is 22.5 Å². The van der Waals surface area contributed by atoms with Gasteiger partial charge in [-0.2, -0.15) is 0 Å². The number of carboxylic acid groups (broad SMARTS) is 1. The maximum absolute atomic E-state index is 11.9. The Labute approximate surface area is 168 Å². The van der Waals surface area contributed by atoms with Crippen LogP contribution in [0.5, 0.6) is 11.5 Å². The third-order valence-electron chi connectivity index (χ3n) is 3.45. The predicted molar refractivity (Wildman–Crippen MR) is 90.6 cm³/mol. The number of rotatable bonds is 3. The number of carboxylic acids is 1. The van der Waals surface area contributed by atoms with E-state index >= 15 is 0 Å². The van der Waals surface area contributed by atoms with Crippen LogP contribution < -0.4 is 20.5 Å². The van der Waals surface area contributed by atoms with Crippen molar-refractivity contribution >= 4 is 29.0 Å². The first kappa shape index (κ1) is 23.3. The van der Waals surface area contributed by atoms with E-state index in [4.69, 9.17) is 10.8 Å². The highest BCUT2D eigenvalue weighted by molar-refractivity contribution is 6.51. The van der Waals surface area contributed by atoms with E-state index in [0.29, 0.717) is 0 Å². The number of anilines is 2. The smallest absolute Gasteiger partial charge is 0.478 e. The Bertz CT molecular complexity index is 1030. The lowest BCUT2D eigenvalue weighted by Gasteiger charge is -2.11. The van der Waals surface area contributed by atoms with E-state index < -0.39 is 53.1 Å². The molecule has 0 saturated heterocycles. The molecule has 0 fully saturated rings. The van der Waals surface area contributed by atoms with Crippen LogP contribution in [0, 0.1) is 0 Å². The van der Waals surface area contributed by atoms with Crippen molar-refractivity contribution in [3.63, 3.8) is 0 Å². The van der Waals surface area contributed by atoms with Crippen molar-refractivity contribution in [1.29, 1.82) is 0 Å². The van der Waals surface area contributed by atoms with Gasteiger partial charge in [-0.3, -0.25) is 9.59 Å². The predicted octanol–water partition coefficient (Wildman–Crippen LogP) is 3.59. The molecule has 4 N–H and O–H groups in total. The zero-order valence-corrected chi connectivity index (χ0v) is 14.8. The number of ketones is 1. The third-order valence-corrected chi connectivity index (χ3v) is 3.45. The minimum atomic E-state index is -4.90. The molecule has 8 nitrogen and oxygen atoms in total. The number of para-hydroxylation sites is 1. The van der Waals surface area contributed by atoms with Crippen LogP contribution in [0.2, 0.25) is 0 Å². The van der Waals surface area contributed by atoms with Gasteiger partial charge in [-0.25, -0.2) is 4.79 Å². The van der Waals surface area contributed by atoms with Gasteiger partial charge in [-0.05, 0) is 30.3 Å². The monoisotopic (exact) mass is 452 g/mol. The second kappa shape index (κ2) is 8.41. The van der Waals surface area contributed by atoms with Crippen LogP contribution >= 0.6 is 0 Å². The summed E-state index contributed by atoms with van der Waals surface area (Å²) in [7, 11) is 0. The summed E-state index contributed by atoms with van der Waals surface area (Å²) in [5, 5.41) is 10.8. The largest absolute Gasteiger partial charge is 0.573 e. The Kier molecular flexibility index (Phi) is 6.33. The van der Waals surface area contributed by atoms with E-state index in [1.165, 1.54) is 6.07 Å². The molecular weight excluding hydrogens is 442 g/mol. The number of halogens is 6. The number of amides is 1. The topological polar surface area (TPSA) is 128 Å². The number of carbonyl (C=O) groups excluding carboxylic acids is 2. The first-order chi connectivity index (χ1) is 14.2. The number of benzene rings is 2. The Balaban J connectivity index is 0.000000221. The highest BCUT2D eigenvalue weighted by atomic mass is 19.4. The second-order valence-corrected chi connectivity index (χ2v) is 5.61. The Morgan fingerprint density at radius 2 is 1.58 bits per heavy atom. The summed E-state index contributed by atoms with van der Waals surface area (Å²) in [6.45, 7) is 0. The minimum absolute atomic E-state index is 0.119. The number of fused-ring (bicyclic) bond motifs is 1. The summed E-state index contributed by atoms with van der Waals surface area (Å²) in [4.78, 5) is 32.6. The molecule has 0 atom stereocenters. The molecule has 1 aliphatic heterocycles. The van der Waals surface area contributed by atoms with Crippen LogP contribution in [0.15, 0.2) is 36.4 Å². The van der Waals surface area contributed by atoms with Crippen molar-refractivity contribution in [3.8, 4) is 11.5 Å². The van der Waals surface area contributed by atoms with Crippen molar-refractivity contribution in [2.45, 2.75) is 12.7 Å². The van der Waals surface area contributed by atoms with E-state index in [-0.39, 0.29) is 11.3 Å². The van der Waals surface area contributed by atoms with Crippen LogP contribution in [0.3, 0.4) is 0 Å². The number of hydrogen-bond acceptors (Lipinski definition) is 6. The molecule has 1 amide bonds. The molecule has 0 unspecified atom stereocenters. The number of ether oxygens (including phenoxy) is 2. The van der Waals surface area contributed by atoms with E-state index in [2.05, 4.69) is 14.8 Å². The quantitative estimate of drug-likeness (QED) is 0.369. The highest BCUT2D eigenvalue weighted by Gasteiger charge is 2.34. The van der Waals surface area contributed by atoms with Gasteiger partial charge in [-0.15, -0.1) is 26.3 Å². The van der Waals surface area contributed by atoms with E-state index in [0.717, 1.165) is 30.3 Å². The number of hydrogen-bond donors (Lipinski definition) is 3. The zero-order valence-electron chi connectivity index (χ0n) is 14.8. The average molecular weight is 452 g/mol. The molecule has 3 rings (SSSR count). The highest BCUT2D eigenvalue weighted by Crippen LogP contribution is 2.31. The molecule has 2 aromatic rings. The van der Waals surface area contributed by atoms with Crippen molar-refractivity contribution in [1.82, 2.24) is 0 Å². The normalized spacial score (nSPS) is 13.0. The second-order valence-electron chi connectivity index (χ2n) is 5.61. The maximum Gasteiger partial charge on any atom is 0.573 e. The summed E-state index contributed by atoms with van der Waals surface area (Å²) in [6, 6.07) is 6.21. The van der Waals surface area contributed by atoms with Crippen LogP contribution in [-0.4, -0.2) is 35.5 Å². The molecule has 0 aliphatic carbocycles. The van der Waals surface area contributed by atoms with E-state index in [9.17, 15) is 40.7 Å². The van der Waals surface area contributed by atoms with Gasteiger partial charge in [0.15, 0.2) is 5.75 Å². The molecule has 0 spiro atoms. The molecule has 2 aromatic carbocycles. The summed E-state index contributed by atoms with van der Waals surface area (Å²) < 4.78 is 78.3. The number of aromatic carboxylic acids is 1. The molecule has 31 heavy (non-hydrogen) atoms. The minimum Gasteiger partial charge on any atom is -0.478 e. The SMILES string of the molecule is Nc1c(OC(F)(F)F)cccc1C(=O)O.O=C1Nc2ccc(OC(F)(F)F)cc2C1=O. The van der Waals surface area contributed by atoms with Crippen molar-refractivity contribution in [2.75, 3.05) is 11.1 Å². The van der Waals surface area contributed by atoms with Crippen LogP contribution in [-0.2, 0) is 4.79 Å². The molecule has 0 aromatic heterocycles. The van der Waals surface area contributed by atoms with Gasteiger partial charge < -0.3 is 25.6 Å². The lowest BCUT2D eigenvalue weighted by molar-refractivity contribution is -0.275. The molecule has 0 radical (unpaired) electrons. The molecule has 166 valence electrons. The van der Waals surface area contributed by atoms with Crippen LogP contribution in [0.25, 0.3) is 0 Å². The molecular formula is C17H10F6N2O6.